The van der Waals surface area contributed by atoms with E-state index in [9.17, 15) is 10.1 Å². The maximum absolute atomic E-state index is 11.2. The minimum absolute atomic E-state index is 0.137. The standard InChI is InChI=1S/C18H18N2O2/c1-19-11-18-9-8-13(14-4-2-3-5-16(14)18)15-7-6-12(20(21)22)10-17(15)18/h2-7,10,13,19H,8-9,11H2,1H3. The average Bonchev–Trinajstić information content (AvgIpc) is 2.55. The van der Waals surface area contributed by atoms with E-state index in [4.69, 9.17) is 0 Å². The van der Waals surface area contributed by atoms with Gasteiger partial charge in [0.15, 0.2) is 0 Å². The van der Waals surface area contributed by atoms with Gasteiger partial charge in [0, 0.05) is 30.0 Å². The number of fused-ring (bicyclic) bond motifs is 1. The first-order chi connectivity index (χ1) is 10.7. The number of nitrogens with zero attached hydrogens (tertiary/aromatic N) is 1. The molecular weight excluding hydrogens is 276 g/mol. The number of hydrogen-bond donors (Lipinski definition) is 1. The lowest BCUT2D eigenvalue weighted by atomic mass is 9.55. The second-order valence-electron chi connectivity index (χ2n) is 6.32. The van der Waals surface area contributed by atoms with Gasteiger partial charge in [0.1, 0.15) is 0 Å². The number of nitrogens with one attached hydrogen (secondary N) is 1. The summed E-state index contributed by atoms with van der Waals surface area (Å²) in [7, 11) is 1.95. The fourth-order valence-corrected chi connectivity index (χ4v) is 4.48. The zero-order chi connectivity index (χ0) is 15.3. The van der Waals surface area contributed by atoms with E-state index in [-0.39, 0.29) is 16.0 Å². The highest BCUT2D eigenvalue weighted by molar-refractivity contribution is 5.61. The van der Waals surface area contributed by atoms with Crippen LogP contribution in [-0.4, -0.2) is 18.5 Å². The molecule has 5 rings (SSSR count). The Morgan fingerprint density at radius 2 is 2.00 bits per heavy atom. The van der Waals surface area contributed by atoms with Crippen LogP contribution in [0, 0.1) is 10.1 Å². The summed E-state index contributed by atoms with van der Waals surface area (Å²) in [6, 6.07) is 14.0. The van der Waals surface area contributed by atoms with E-state index < -0.39 is 0 Å². The van der Waals surface area contributed by atoms with Gasteiger partial charge in [0.05, 0.1) is 4.92 Å². The number of nitro benzene ring substituents is 1. The van der Waals surface area contributed by atoms with Crippen molar-refractivity contribution in [2.75, 3.05) is 13.6 Å². The summed E-state index contributed by atoms with van der Waals surface area (Å²) in [4.78, 5) is 10.9. The van der Waals surface area contributed by atoms with Gasteiger partial charge in [-0.1, -0.05) is 30.3 Å². The molecule has 3 aliphatic rings. The highest BCUT2D eigenvalue weighted by atomic mass is 16.6. The molecule has 0 amide bonds. The largest absolute Gasteiger partial charge is 0.319 e. The Balaban J connectivity index is 2.01. The third kappa shape index (κ3) is 1.61. The monoisotopic (exact) mass is 294 g/mol. The lowest BCUT2D eigenvalue weighted by molar-refractivity contribution is -0.385. The van der Waals surface area contributed by atoms with Gasteiger partial charge in [-0.15, -0.1) is 0 Å². The van der Waals surface area contributed by atoms with Gasteiger partial charge in [0.2, 0.25) is 0 Å². The van der Waals surface area contributed by atoms with Crippen LogP contribution < -0.4 is 5.32 Å². The van der Waals surface area contributed by atoms with Crippen LogP contribution in [-0.2, 0) is 5.41 Å². The van der Waals surface area contributed by atoms with Crippen molar-refractivity contribution < 1.29 is 4.92 Å². The van der Waals surface area contributed by atoms with E-state index in [0.29, 0.717) is 5.92 Å². The Morgan fingerprint density at radius 3 is 2.77 bits per heavy atom. The van der Waals surface area contributed by atoms with Crippen molar-refractivity contribution in [1.29, 1.82) is 0 Å². The molecule has 4 nitrogen and oxygen atoms in total. The molecule has 1 N–H and O–H groups in total. The average molecular weight is 294 g/mol. The second-order valence-corrected chi connectivity index (χ2v) is 6.32. The minimum atomic E-state index is -0.290. The summed E-state index contributed by atoms with van der Waals surface area (Å²) in [6.07, 6.45) is 2.16. The molecule has 2 bridgehead atoms. The van der Waals surface area contributed by atoms with E-state index in [1.54, 1.807) is 12.1 Å². The molecule has 2 aromatic rings. The maximum Gasteiger partial charge on any atom is 0.269 e. The first kappa shape index (κ1) is 13.5. The van der Waals surface area contributed by atoms with E-state index in [0.717, 1.165) is 24.9 Å². The molecule has 0 saturated heterocycles. The van der Waals surface area contributed by atoms with Gasteiger partial charge in [-0.3, -0.25) is 10.1 Å². The molecule has 22 heavy (non-hydrogen) atoms. The van der Waals surface area contributed by atoms with Crippen molar-refractivity contribution in [3.8, 4) is 0 Å². The molecule has 0 heterocycles. The number of rotatable bonds is 3. The van der Waals surface area contributed by atoms with Crippen molar-refractivity contribution in [3.05, 3.63) is 74.8 Å². The third-order valence-corrected chi connectivity index (χ3v) is 5.33. The fourth-order valence-electron chi connectivity index (χ4n) is 4.48. The van der Waals surface area contributed by atoms with Gasteiger partial charge in [-0.2, -0.15) is 0 Å². The summed E-state index contributed by atoms with van der Waals surface area (Å²) in [5.41, 5.74) is 5.21. The lowest BCUT2D eigenvalue weighted by Gasteiger charge is -2.49. The third-order valence-electron chi connectivity index (χ3n) is 5.33. The number of benzene rings is 2. The first-order valence-corrected chi connectivity index (χ1v) is 7.70. The minimum Gasteiger partial charge on any atom is -0.319 e. The van der Waals surface area contributed by atoms with E-state index in [1.807, 2.05) is 13.1 Å². The predicted octanol–water partition coefficient (Wildman–Crippen LogP) is 3.34. The van der Waals surface area contributed by atoms with Crippen molar-refractivity contribution in [3.63, 3.8) is 0 Å². The van der Waals surface area contributed by atoms with Crippen LogP contribution in [0.25, 0.3) is 0 Å². The van der Waals surface area contributed by atoms with Crippen LogP contribution in [0.4, 0.5) is 5.69 Å². The van der Waals surface area contributed by atoms with Gasteiger partial charge in [0.25, 0.3) is 5.69 Å². The summed E-state index contributed by atoms with van der Waals surface area (Å²) >= 11 is 0. The first-order valence-electron chi connectivity index (χ1n) is 7.70. The quantitative estimate of drug-likeness (QED) is 0.697. The summed E-state index contributed by atoms with van der Waals surface area (Å²) in [6.45, 7) is 0.810. The topological polar surface area (TPSA) is 55.2 Å². The molecule has 3 aliphatic carbocycles. The van der Waals surface area contributed by atoms with Gasteiger partial charge >= 0.3 is 0 Å². The highest BCUT2D eigenvalue weighted by Crippen LogP contribution is 2.56. The molecular formula is C18H18N2O2. The zero-order valence-corrected chi connectivity index (χ0v) is 12.5. The number of hydrogen-bond acceptors (Lipinski definition) is 3. The normalized spacial score (nSPS) is 24.7. The van der Waals surface area contributed by atoms with Crippen LogP contribution >= 0.6 is 0 Å². The Bertz CT molecular complexity index is 771. The Morgan fingerprint density at radius 1 is 1.23 bits per heavy atom. The van der Waals surface area contributed by atoms with Gasteiger partial charge < -0.3 is 5.32 Å². The molecule has 4 heteroatoms. The van der Waals surface area contributed by atoms with Crippen LogP contribution in [0.5, 0.6) is 0 Å². The Hall–Kier alpha value is -2.20. The van der Waals surface area contributed by atoms with Crippen molar-refractivity contribution in [2.45, 2.75) is 24.2 Å². The van der Waals surface area contributed by atoms with Crippen molar-refractivity contribution in [1.82, 2.24) is 5.32 Å². The highest BCUT2D eigenvalue weighted by Gasteiger charge is 2.48. The van der Waals surface area contributed by atoms with Crippen LogP contribution in [0.15, 0.2) is 42.5 Å². The molecule has 2 atom stereocenters. The molecule has 0 radical (unpaired) electrons. The van der Waals surface area contributed by atoms with E-state index in [1.165, 1.54) is 16.7 Å². The second kappa shape index (κ2) is 4.65. The van der Waals surface area contributed by atoms with E-state index >= 15 is 0 Å². The SMILES string of the molecule is CNCC12CCC(c3ccccc31)c1ccc([N+](=O)[O-])cc12. The molecule has 2 unspecified atom stereocenters. The van der Waals surface area contributed by atoms with Gasteiger partial charge in [-0.25, -0.2) is 0 Å². The summed E-state index contributed by atoms with van der Waals surface area (Å²) in [5, 5.41) is 14.5. The maximum atomic E-state index is 11.2. The number of non-ortho nitro benzene ring substituents is 1. The van der Waals surface area contributed by atoms with Crippen LogP contribution in [0.1, 0.15) is 41.0 Å². The van der Waals surface area contributed by atoms with Crippen LogP contribution in [0.2, 0.25) is 0 Å². The molecule has 0 fully saturated rings. The zero-order valence-electron chi connectivity index (χ0n) is 12.5. The van der Waals surface area contributed by atoms with E-state index in [2.05, 4.69) is 29.6 Å². The van der Waals surface area contributed by atoms with Crippen molar-refractivity contribution >= 4 is 5.69 Å². The smallest absolute Gasteiger partial charge is 0.269 e. The molecule has 0 aliphatic heterocycles. The molecule has 0 saturated carbocycles. The molecule has 112 valence electrons. The molecule has 0 spiro atoms. The Labute approximate surface area is 129 Å². The molecule has 2 aromatic carbocycles. The van der Waals surface area contributed by atoms with Crippen molar-refractivity contribution in [2.24, 2.45) is 0 Å². The Kier molecular flexibility index (Phi) is 2.84. The summed E-state index contributed by atoms with van der Waals surface area (Å²) < 4.78 is 0. The lowest BCUT2D eigenvalue weighted by Crippen LogP contribution is -2.46. The fraction of sp³-hybridized carbons (Fsp3) is 0.333. The summed E-state index contributed by atoms with van der Waals surface area (Å²) in [5.74, 6) is 0.380. The molecule has 0 aromatic heterocycles. The predicted molar refractivity (Wildman–Crippen MR) is 85.3 cm³/mol. The number of nitro groups is 1. The number of likely N-dealkylation sites (N-methyl/N-ethyl adjacent to an activating group) is 1. The van der Waals surface area contributed by atoms with Gasteiger partial charge in [-0.05, 0) is 42.1 Å². The van der Waals surface area contributed by atoms with Crippen LogP contribution in [0.3, 0.4) is 0 Å².